The van der Waals surface area contributed by atoms with Crippen molar-refractivity contribution in [2.45, 2.75) is 26.1 Å². The number of hydrogen-bond donors (Lipinski definition) is 2. The van der Waals surface area contributed by atoms with E-state index in [4.69, 9.17) is 0 Å². The van der Waals surface area contributed by atoms with E-state index in [9.17, 15) is 15.0 Å². The summed E-state index contributed by atoms with van der Waals surface area (Å²) in [7, 11) is 0. The second-order valence-electron chi connectivity index (χ2n) is 3.89. The number of amides is 1. The Labute approximate surface area is 90.3 Å². The van der Waals surface area contributed by atoms with Gasteiger partial charge in [0, 0.05) is 26.2 Å². The van der Waals surface area contributed by atoms with E-state index in [0.29, 0.717) is 26.2 Å². The van der Waals surface area contributed by atoms with Crippen LogP contribution in [-0.2, 0) is 4.79 Å². The molecule has 0 aromatic heterocycles. The Kier molecular flexibility index (Phi) is 4.50. The number of nitrogens with zero attached hydrogens (tertiary/aromatic N) is 2. The standard InChI is InChI=1S/C10H20N2O3/c1-3-12(4-2)10(15)7-11-5-8(13)9(14)6-11/h8-9,13-14H,3-7H2,1-2H3. The summed E-state index contributed by atoms with van der Waals surface area (Å²) in [5.74, 6) is 0.0568. The van der Waals surface area contributed by atoms with Gasteiger partial charge in [-0.2, -0.15) is 0 Å². The minimum Gasteiger partial charge on any atom is -0.389 e. The molecule has 0 aromatic rings. The molecule has 1 fully saturated rings. The first-order chi connectivity index (χ1) is 7.08. The van der Waals surface area contributed by atoms with Gasteiger partial charge in [-0.1, -0.05) is 0 Å². The molecule has 1 amide bonds. The lowest BCUT2D eigenvalue weighted by molar-refractivity contribution is -0.131. The Morgan fingerprint density at radius 2 is 1.73 bits per heavy atom. The van der Waals surface area contributed by atoms with Crippen LogP contribution in [0.15, 0.2) is 0 Å². The van der Waals surface area contributed by atoms with Crippen LogP contribution >= 0.6 is 0 Å². The topological polar surface area (TPSA) is 64.0 Å². The van der Waals surface area contributed by atoms with Crippen molar-refractivity contribution in [1.82, 2.24) is 9.80 Å². The molecule has 0 radical (unpaired) electrons. The summed E-state index contributed by atoms with van der Waals surface area (Å²) in [5.41, 5.74) is 0. The third-order valence-corrected chi connectivity index (χ3v) is 2.81. The highest BCUT2D eigenvalue weighted by molar-refractivity contribution is 5.78. The largest absolute Gasteiger partial charge is 0.389 e. The van der Waals surface area contributed by atoms with Crippen molar-refractivity contribution in [3.8, 4) is 0 Å². The minimum absolute atomic E-state index is 0.0568. The maximum atomic E-state index is 11.7. The second-order valence-corrected chi connectivity index (χ2v) is 3.89. The Morgan fingerprint density at radius 3 is 2.13 bits per heavy atom. The van der Waals surface area contributed by atoms with Crippen LogP contribution in [0.5, 0.6) is 0 Å². The van der Waals surface area contributed by atoms with Crippen LogP contribution in [0.1, 0.15) is 13.8 Å². The quantitative estimate of drug-likeness (QED) is 0.625. The predicted octanol–water partition coefficient (Wildman–Crippen LogP) is -1.11. The number of β-amino-alcohol motifs (C(OH)–C–C–N with tert-alkyl or cyclic N) is 2. The Morgan fingerprint density at radius 1 is 1.27 bits per heavy atom. The van der Waals surface area contributed by atoms with E-state index >= 15 is 0 Å². The molecule has 0 spiro atoms. The summed E-state index contributed by atoms with van der Waals surface area (Å²) in [4.78, 5) is 15.2. The van der Waals surface area contributed by atoms with Crippen LogP contribution in [0.3, 0.4) is 0 Å². The molecule has 1 heterocycles. The highest BCUT2D eigenvalue weighted by atomic mass is 16.3. The number of likely N-dealkylation sites (tertiary alicyclic amines) is 1. The fourth-order valence-corrected chi connectivity index (χ4v) is 1.84. The van der Waals surface area contributed by atoms with Crippen LogP contribution in [0.25, 0.3) is 0 Å². The molecule has 15 heavy (non-hydrogen) atoms. The van der Waals surface area contributed by atoms with Crippen molar-refractivity contribution in [2.75, 3.05) is 32.7 Å². The summed E-state index contributed by atoms with van der Waals surface area (Å²) in [6.45, 7) is 6.34. The lowest BCUT2D eigenvalue weighted by Gasteiger charge is -2.22. The van der Waals surface area contributed by atoms with Crippen LogP contribution in [-0.4, -0.2) is 70.9 Å². The van der Waals surface area contributed by atoms with E-state index in [0.717, 1.165) is 0 Å². The van der Waals surface area contributed by atoms with Gasteiger partial charge in [0.2, 0.25) is 5.91 Å². The fourth-order valence-electron chi connectivity index (χ4n) is 1.84. The zero-order valence-corrected chi connectivity index (χ0v) is 9.39. The number of likely N-dealkylation sites (N-methyl/N-ethyl adjacent to an activating group) is 1. The molecule has 5 heteroatoms. The molecular formula is C10H20N2O3. The van der Waals surface area contributed by atoms with Gasteiger partial charge < -0.3 is 15.1 Å². The third kappa shape index (κ3) is 3.15. The number of carbonyl (C=O) groups is 1. The zero-order valence-electron chi connectivity index (χ0n) is 9.39. The van der Waals surface area contributed by atoms with Crippen molar-refractivity contribution >= 4 is 5.91 Å². The first-order valence-electron chi connectivity index (χ1n) is 5.44. The Hall–Kier alpha value is -0.650. The smallest absolute Gasteiger partial charge is 0.236 e. The van der Waals surface area contributed by atoms with Crippen LogP contribution in [0, 0.1) is 0 Å². The SMILES string of the molecule is CCN(CC)C(=O)CN1CC(O)C(O)C1. The van der Waals surface area contributed by atoms with E-state index in [1.807, 2.05) is 13.8 Å². The average Bonchev–Trinajstić information content (AvgIpc) is 2.47. The monoisotopic (exact) mass is 216 g/mol. The first-order valence-corrected chi connectivity index (χ1v) is 5.44. The fraction of sp³-hybridized carbons (Fsp3) is 0.900. The van der Waals surface area contributed by atoms with Crippen molar-refractivity contribution in [2.24, 2.45) is 0 Å². The van der Waals surface area contributed by atoms with E-state index in [-0.39, 0.29) is 12.5 Å². The van der Waals surface area contributed by atoms with Crippen LogP contribution in [0.2, 0.25) is 0 Å². The second kappa shape index (κ2) is 5.44. The lowest BCUT2D eigenvalue weighted by atomic mass is 10.3. The molecular weight excluding hydrogens is 196 g/mol. The van der Waals surface area contributed by atoms with Gasteiger partial charge in [-0.15, -0.1) is 0 Å². The van der Waals surface area contributed by atoms with Crippen molar-refractivity contribution in [3.63, 3.8) is 0 Å². The predicted molar refractivity (Wildman–Crippen MR) is 56.4 cm³/mol. The van der Waals surface area contributed by atoms with Crippen LogP contribution in [0.4, 0.5) is 0 Å². The molecule has 1 aliphatic rings. The molecule has 88 valence electrons. The molecule has 2 atom stereocenters. The lowest BCUT2D eigenvalue weighted by Crippen LogP contribution is -2.39. The third-order valence-electron chi connectivity index (χ3n) is 2.81. The molecule has 5 nitrogen and oxygen atoms in total. The number of aliphatic hydroxyl groups is 2. The number of rotatable bonds is 4. The molecule has 1 saturated heterocycles. The van der Waals surface area contributed by atoms with Crippen molar-refractivity contribution in [3.05, 3.63) is 0 Å². The maximum Gasteiger partial charge on any atom is 0.236 e. The van der Waals surface area contributed by atoms with E-state index < -0.39 is 12.2 Å². The summed E-state index contributed by atoms with van der Waals surface area (Å²) in [6.07, 6.45) is -1.43. The van der Waals surface area contributed by atoms with E-state index in [2.05, 4.69) is 0 Å². The number of carbonyl (C=O) groups excluding carboxylic acids is 1. The minimum atomic E-state index is -0.713. The van der Waals surface area contributed by atoms with E-state index in [1.165, 1.54) is 0 Å². The van der Waals surface area contributed by atoms with E-state index in [1.54, 1.807) is 9.80 Å². The van der Waals surface area contributed by atoms with Crippen molar-refractivity contribution < 1.29 is 15.0 Å². The molecule has 2 unspecified atom stereocenters. The highest BCUT2D eigenvalue weighted by Crippen LogP contribution is 2.09. The average molecular weight is 216 g/mol. The maximum absolute atomic E-state index is 11.7. The van der Waals surface area contributed by atoms with Gasteiger partial charge >= 0.3 is 0 Å². The summed E-state index contributed by atoms with van der Waals surface area (Å²) >= 11 is 0. The highest BCUT2D eigenvalue weighted by Gasteiger charge is 2.30. The van der Waals surface area contributed by atoms with Gasteiger partial charge in [0.25, 0.3) is 0 Å². The van der Waals surface area contributed by atoms with Gasteiger partial charge in [-0.25, -0.2) is 0 Å². The number of aliphatic hydroxyl groups excluding tert-OH is 2. The molecule has 2 N–H and O–H groups in total. The molecule has 1 rings (SSSR count). The molecule has 0 aliphatic carbocycles. The van der Waals surface area contributed by atoms with Gasteiger partial charge in [0.1, 0.15) is 0 Å². The molecule has 0 saturated carbocycles. The zero-order chi connectivity index (χ0) is 11.4. The number of hydrogen-bond acceptors (Lipinski definition) is 4. The van der Waals surface area contributed by atoms with Crippen LogP contribution < -0.4 is 0 Å². The Balaban J connectivity index is 2.39. The summed E-state index contributed by atoms with van der Waals surface area (Å²) in [5, 5.41) is 18.6. The van der Waals surface area contributed by atoms with Gasteiger partial charge in [0.15, 0.2) is 0 Å². The summed E-state index contributed by atoms with van der Waals surface area (Å²) in [6, 6.07) is 0. The van der Waals surface area contributed by atoms with Crippen molar-refractivity contribution in [1.29, 1.82) is 0 Å². The normalized spacial score (nSPS) is 26.9. The van der Waals surface area contributed by atoms with Gasteiger partial charge in [-0.3, -0.25) is 9.69 Å². The van der Waals surface area contributed by atoms with Gasteiger partial charge in [0.05, 0.1) is 18.8 Å². The molecule has 0 bridgehead atoms. The molecule has 1 aliphatic heterocycles. The molecule has 0 aromatic carbocycles. The van der Waals surface area contributed by atoms with Gasteiger partial charge in [-0.05, 0) is 13.8 Å². The Bertz CT molecular complexity index is 209. The summed E-state index contributed by atoms with van der Waals surface area (Å²) < 4.78 is 0. The first kappa shape index (κ1) is 12.4.